The van der Waals surface area contributed by atoms with E-state index in [4.69, 9.17) is 9.47 Å². The monoisotopic (exact) mass is 444 g/mol. The second kappa shape index (κ2) is 9.77. The molecule has 0 spiro atoms. The highest BCUT2D eigenvalue weighted by atomic mass is 16.5. The van der Waals surface area contributed by atoms with Crippen LogP contribution in [0.5, 0.6) is 5.75 Å². The molecule has 2 heterocycles. The largest absolute Gasteiger partial charge is 0.490 e. The molecule has 1 saturated heterocycles. The highest BCUT2D eigenvalue weighted by Crippen LogP contribution is 2.32. The Bertz CT molecular complexity index is 872. The molecule has 1 aromatic carbocycles. The van der Waals surface area contributed by atoms with Crippen LogP contribution in [0.2, 0.25) is 0 Å². The van der Waals surface area contributed by atoms with Crippen LogP contribution in [0, 0.1) is 5.92 Å². The Hall–Kier alpha value is -2.81. The summed E-state index contributed by atoms with van der Waals surface area (Å²) in [6.07, 6.45) is 3.70. The fourth-order valence-corrected chi connectivity index (χ4v) is 4.30. The zero-order chi connectivity index (χ0) is 22.7. The first-order valence-corrected chi connectivity index (χ1v) is 11.5. The number of carbonyl (C=O) groups excluding carboxylic acids is 3. The summed E-state index contributed by atoms with van der Waals surface area (Å²) in [4.78, 5) is 39.0. The molecule has 4 rings (SSSR count). The quantitative estimate of drug-likeness (QED) is 0.623. The van der Waals surface area contributed by atoms with Crippen LogP contribution in [0.1, 0.15) is 49.4 Å². The van der Waals surface area contributed by atoms with Gasteiger partial charge in [-0.05, 0) is 56.7 Å². The van der Waals surface area contributed by atoms with Crippen LogP contribution in [-0.2, 0) is 9.53 Å². The van der Waals surface area contributed by atoms with Gasteiger partial charge < -0.3 is 30.3 Å². The molecule has 0 aromatic heterocycles. The van der Waals surface area contributed by atoms with E-state index in [1.807, 2.05) is 6.92 Å². The Morgan fingerprint density at radius 3 is 2.72 bits per heavy atom. The Labute approximate surface area is 188 Å². The minimum absolute atomic E-state index is 0.0222. The summed E-state index contributed by atoms with van der Waals surface area (Å²) in [5, 5.41) is 8.39. The van der Waals surface area contributed by atoms with E-state index in [9.17, 15) is 14.4 Å². The number of nitrogens with one attached hydrogen (secondary N) is 3. The molecule has 0 unspecified atom stereocenters. The van der Waals surface area contributed by atoms with Crippen LogP contribution in [-0.4, -0.2) is 67.7 Å². The third-order valence-electron chi connectivity index (χ3n) is 6.30. The van der Waals surface area contributed by atoms with Gasteiger partial charge in [0.05, 0.1) is 24.1 Å². The van der Waals surface area contributed by atoms with Gasteiger partial charge in [-0.15, -0.1) is 0 Å². The van der Waals surface area contributed by atoms with E-state index in [1.165, 1.54) is 12.8 Å². The number of urea groups is 1. The van der Waals surface area contributed by atoms with Crippen molar-refractivity contribution < 1.29 is 23.9 Å². The molecule has 32 heavy (non-hydrogen) atoms. The van der Waals surface area contributed by atoms with Gasteiger partial charge in [0.2, 0.25) is 5.91 Å². The van der Waals surface area contributed by atoms with Crippen molar-refractivity contribution in [2.75, 3.05) is 32.1 Å². The first kappa shape index (κ1) is 22.4. The molecule has 3 aliphatic rings. The van der Waals surface area contributed by atoms with Gasteiger partial charge in [-0.25, -0.2) is 4.79 Å². The molecular weight excluding hydrogens is 412 g/mol. The third kappa shape index (κ3) is 5.32. The standard InChI is InChI=1S/C23H32N4O5/c1-3-24-23(30)26-15-6-9-19-17(10-15)22(29)27(2)18-8-7-16(32-20(18)13-31-19)11-21(28)25-12-14-4-5-14/h6,9-10,14,16,18,20H,3-5,7-8,11-13H2,1-2H3,(H,25,28)(H2,24,26,30)/t16-,18-,20-/m0/s1. The topological polar surface area (TPSA) is 109 Å². The average Bonchev–Trinajstić information content (AvgIpc) is 3.60. The molecule has 4 amide bonds. The highest BCUT2D eigenvalue weighted by Gasteiger charge is 2.39. The van der Waals surface area contributed by atoms with Gasteiger partial charge in [0.25, 0.3) is 5.91 Å². The predicted molar refractivity (Wildman–Crippen MR) is 119 cm³/mol. The van der Waals surface area contributed by atoms with Crippen molar-refractivity contribution in [2.45, 2.75) is 57.3 Å². The van der Waals surface area contributed by atoms with Crippen molar-refractivity contribution in [3.05, 3.63) is 23.8 Å². The molecule has 2 fully saturated rings. The second-order valence-corrected chi connectivity index (χ2v) is 8.82. The Balaban J connectivity index is 1.41. The van der Waals surface area contributed by atoms with Crippen molar-refractivity contribution >= 4 is 23.5 Å². The minimum Gasteiger partial charge on any atom is -0.490 e. The number of likely N-dealkylation sites (N-methyl/N-ethyl adjacent to an activating group) is 1. The number of hydrogen-bond donors (Lipinski definition) is 3. The first-order valence-electron chi connectivity index (χ1n) is 11.5. The van der Waals surface area contributed by atoms with E-state index in [1.54, 1.807) is 30.1 Å². The number of amides is 4. The van der Waals surface area contributed by atoms with Crippen molar-refractivity contribution in [3.8, 4) is 5.75 Å². The van der Waals surface area contributed by atoms with Crippen LogP contribution >= 0.6 is 0 Å². The lowest BCUT2D eigenvalue weighted by Crippen LogP contribution is -2.54. The SMILES string of the molecule is CCNC(=O)Nc1ccc2c(c1)C(=O)N(C)[C@H]1CC[C@@H](CC(=O)NCC3CC3)O[C@H]1CO2. The summed E-state index contributed by atoms with van der Waals surface area (Å²) in [5.41, 5.74) is 0.927. The summed E-state index contributed by atoms with van der Waals surface area (Å²) in [6, 6.07) is 4.57. The number of nitrogens with zero attached hydrogens (tertiary/aromatic N) is 1. The maximum atomic E-state index is 13.2. The smallest absolute Gasteiger partial charge is 0.319 e. The Morgan fingerprint density at radius 2 is 1.97 bits per heavy atom. The lowest BCUT2D eigenvalue weighted by atomic mass is 9.94. The summed E-state index contributed by atoms with van der Waals surface area (Å²) < 4.78 is 12.2. The Morgan fingerprint density at radius 1 is 1.16 bits per heavy atom. The summed E-state index contributed by atoms with van der Waals surface area (Å²) in [7, 11) is 1.77. The van der Waals surface area contributed by atoms with Gasteiger partial charge in [0.1, 0.15) is 18.5 Å². The summed E-state index contributed by atoms with van der Waals surface area (Å²) in [5.74, 6) is 0.938. The van der Waals surface area contributed by atoms with E-state index >= 15 is 0 Å². The summed E-state index contributed by atoms with van der Waals surface area (Å²) in [6.45, 7) is 3.39. The van der Waals surface area contributed by atoms with Crippen molar-refractivity contribution in [1.29, 1.82) is 0 Å². The van der Waals surface area contributed by atoms with Gasteiger partial charge in [0, 0.05) is 25.8 Å². The normalized spacial score (nSPS) is 24.9. The fourth-order valence-electron chi connectivity index (χ4n) is 4.30. The molecule has 3 atom stereocenters. The van der Waals surface area contributed by atoms with Crippen molar-refractivity contribution in [1.82, 2.24) is 15.5 Å². The molecular formula is C23H32N4O5. The third-order valence-corrected chi connectivity index (χ3v) is 6.30. The number of fused-ring (bicyclic) bond motifs is 2. The molecule has 3 N–H and O–H groups in total. The number of anilines is 1. The van der Waals surface area contributed by atoms with Crippen LogP contribution in [0.25, 0.3) is 0 Å². The molecule has 174 valence electrons. The number of benzene rings is 1. The van der Waals surface area contributed by atoms with Gasteiger partial charge in [-0.1, -0.05) is 0 Å². The zero-order valence-electron chi connectivity index (χ0n) is 18.7. The number of carbonyl (C=O) groups is 3. The second-order valence-electron chi connectivity index (χ2n) is 8.82. The maximum absolute atomic E-state index is 13.2. The highest BCUT2D eigenvalue weighted by molar-refractivity contribution is 5.99. The molecule has 0 bridgehead atoms. The molecule has 1 saturated carbocycles. The van der Waals surface area contributed by atoms with Gasteiger partial charge >= 0.3 is 6.03 Å². The average molecular weight is 445 g/mol. The maximum Gasteiger partial charge on any atom is 0.319 e. The molecule has 2 aliphatic heterocycles. The number of rotatable bonds is 6. The fraction of sp³-hybridized carbons (Fsp3) is 0.609. The van der Waals surface area contributed by atoms with E-state index in [2.05, 4.69) is 16.0 Å². The Kier molecular flexibility index (Phi) is 6.83. The van der Waals surface area contributed by atoms with Crippen LogP contribution < -0.4 is 20.7 Å². The predicted octanol–water partition coefficient (Wildman–Crippen LogP) is 2.12. The molecule has 0 radical (unpaired) electrons. The molecule has 1 aliphatic carbocycles. The summed E-state index contributed by atoms with van der Waals surface area (Å²) >= 11 is 0. The number of hydrogen-bond acceptors (Lipinski definition) is 5. The minimum atomic E-state index is -0.326. The first-order chi connectivity index (χ1) is 15.4. The lowest BCUT2D eigenvalue weighted by molar-refractivity contribution is -0.134. The van der Waals surface area contributed by atoms with Crippen molar-refractivity contribution in [3.63, 3.8) is 0 Å². The van der Waals surface area contributed by atoms with E-state index in [0.29, 0.717) is 48.9 Å². The van der Waals surface area contributed by atoms with Gasteiger partial charge in [0.15, 0.2) is 0 Å². The van der Waals surface area contributed by atoms with Crippen LogP contribution in [0.15, 0.2) is 18.2 Å². The van der Waals surface area contributed by atoms with Gasteiger partial charge in [-0.3, -0.25) is 9.59 Å². The number of ether oxygens (including phenoxy) is 2. The molecule has 1 aromatic rings. The molecule has 9 nitrogen and oxygen atoms in total. The van der Waals surface area contributed by atoms with E-state index in [-0.39, 0.29) is 36.1 Å². The van der Waals surface area contributed by atoms with Crippen molar-refractivity contribution in [2.24, 2.45) is 5.92 Å². The van der Waals surface area contributed by atoms with E-state index < -0.39 is 0 Å². The zero-order valence-corrected chi connectivity index (χ0v) is 18.7. The van der Waals surface area contributed by atoms with E-state index in [0.717, 1.165) is 13.0 Å². The lowest BCUT2D eigenvalue weighted by Gasteiger charge is -2.42. The molecule has 9 heteroatoms. The van der Waals surface area contributed by atoms with Gasteiger partial charge in [-0.2, -0.15) is 0 Å². The van der Waals surface area contributed by atoms with Crippen LogP contribution in [0.3, 0.4) is 0 Å². The van der Waals surface area contributed by atoms with Crippen LogP contribution in [0.4, 0.5) is 10.5 Å².